The minimum atomic E-state index is -0.328. The first-order valence-corrected chi connectivity index (χ1v) is 7.99. The number of benzene rings is 1. The number of nitrogens with one attached hydrogen (secondary N) is 1. The van der Waals surface area contributed by atoms with Gasteiger partial charge in [0.1, 0.15) is 5.75 Å². The number of amides is 1. The van der Waals surface area contributed by atoms with Gasteiger partial charge in [0, 0.05) is 5.54 Å². The van der Waals surface area contributed by atoms with Crippen molar-refractivity contribution in [1.29, 1.82) is 0 Å². The summed E-state index contributed by atoms with van der Waals surface area (Å²) in [6.45, 7) is 13.0. The third-order valence-electron chi connectivity index (χ3n) is 3.95. The SMILES string of the molecule is CCOc1ccc(CC2NC(C)(C)N(C(C)(C)C)C2=O)cc1. The van der Waals surface area contributed by atoms with E-state index in [1.54, 1.807) is 0 Å². The second-order valence-corrected chi connectivity index (χ2v) is 7.38. The van der Waals surface area contributed by atoms with Crippen molar-refractivity contribution in [2.45, 2.75) is 65.2 Å². The van der Waals surface area contributed by atoms with Crippen molar-refractivity contribution in [3.05, 3.63) is 29.8 Å². The van der Waals surface area contributed by atoms with Crippen LogP contribution >= 0.6 is 0 Å². The van der Waals surface area contributed by atoms with E-state index >= 15 is 0 Å². The first kappa shape index (κ1) is 16.8. The number of nitrogens with zero attached hydrogens (tertiary/aromatic N) is 1. The minimum absolute atomic E-state index is 0.173. The Labute approximate surface area is 133 Å². The highest BCUT2D eigenvalue weighted by atomic mass is 16.5. The lowest BCUT2D eigenvalue weighted by Gasteiger charge is -2.41. The molecule has 1 N–H and O–H groups in total. The van der Waals surface area contributed by atoms with Gasteiger partial charge in [-0.25, -0.2) is 0 Å². The molecule has 0 spiro atoms. The molecule has 1 fully saturated rings. The van der Waals surface area contributed by atoms with Gasteiger partial charge in [-0.1, -0.05) is 12.1 Å². The quantitative estimate of drug-likeness (QED) is 0.930. The van der Waals surface area contributed by atoms with Crippen LogP contribution in [0.15, 0.2) is 24.3 Å². The summed E-state index contributed by atoms with van der Waals surface area (Å²) < 4.78 is 5.46. The number of rotatable bonds is 4. The van der Waals surface area contributed by atoms with Crippen molar-refractivity contribution < 1.29 is 9.53 Å². The highest BCUT2D eigenvalue weighted by molar-refractivity contribution is 5.86. The lowest BCUT2D eigenvalue weighted by Crippen LogP contribution is -2.55. The maximum absolute atomic E-state index is 12.8. The molecule has 0 saturated carbocycles. The van der Waals surface area contributed by atoms with Gasteiger partial charge in [0.2, 0.25) is 5.91 Å². The minimum Gasteiger partial charge on any atom is -0.494 e. The van der Waals surface area contributed by atoms with Gasteiger partial charge >= 0.3 is 0 Å². The maximum atomic E-state index is 12.8. The van der Waals surface area contributed by atoms with Crippen LogP contribution < -0.4 is 10.1 Å². The molecule has 2 rings (SSSR count). The zero-order valence-electron chi connectivity index (χ0n) is 14.6. The summed E-state index contributed by atoms with van der Waals surface area (Å²) in [5, 5.41) is 3.47. The number of carbonyl (C=O) groups is 1. The molecule has 1 atom stereocenters. The summed E-state index contributed by atoms with van der Waals surface area (Å²) in [6, 6.07) is 7.82. The van der Waals surface area contributed by atoms with E-state index in [4.69, 9.17) is 4.74 Å². The Morgan fingerprint density at radius 3 is 2.27 bits per heavy atom. The van der Waals surface area contributed by atoms with E-state index in [0.717, 1.165) is 11.3 Å². The predicted molar refractivity (Wildman–Crippen MR) is 88.9 cm³/mol. The van der Waals surface area contributed by atoms with Gasteiger partial charge in [-0.05, 0) is 65.7 Å². The van der Waals surface area contributed by atoms with Crippen LogP contribution in [-0.2, 0) is 11.2 Å². The summed E-state index contributed by atoms with van der Waals surface area (Å²) in [5.74, 6) is 1.04. The molecule has 1 amide bonds. The fraction of sp³-hybridized carbons (Fsp3) is 0.611. The molecule has 0 radical (unpaired) electrons. The van der Waals surface area contributed by atoms with E-state index < -0.39 is 0 Å². The number of hydrogen-bond donors (Lipinski definition) is 1. The van der Waals surface area contributed by atoms with Crippen LogP contribution in [0.4, 0.5) is 0 Å². The molecular formula is C18H28N2O2. The first-order valence-electron chi connectivity index (χ1n) is 7.99. The van der Waals surface area contributed by atoms with Crippen molar-refractivity contribution in [1.82, 2.24) is 10.2 Å². The zero-order valence-corrected chi connectivity index (χ0v) is 14.6. The Balaban J connectivity index is 2.12. The molecule has 1 unspecified atom stereocenters. The van der Waals surface area contributed by atoms with Gasteiger partial charge in [-0.15, -0.1) is 0 Å². The largest absolute Gasteiger partial charge is 0.494 e. The predicted octanol–water partition coefficient (Wildman–Crippen LogP) is 2.96. The standard InChI is InChI=1S/C18H28N2O2/c1-7-22-14-10-8-13(9-11-14)12-15-16(21)20(17(2,3)4)18(5,6)19-15/h8-11,15,19H,7,12H2,1-6H3. The summed E-state index contributed by atoms with van der Waals surface area (Å²) in [6.07, 6.45) is 0.696. The molecule has 0 bridgehead atoms. The average Bonchev–Trinajstić information content (AvgIpc) is 2.61. The second-order valence-electron chi connectivity index (χ2n) is 7.38. The fourth-order valence-electron chi connectivity index (χ4n) is 3.42. The van der Waals surface area contributed by atoms with Crippen LogP contribution in [-0.4, -0.2) is 34.7 Å². The summed E-state index contributed by atoms with van der Waals surface area (Å²) in [7, 11) is 0. The van der Waals surface area contributed by atoms with E-state index in [-0.39, 0.29) is 23.2 Å². The van der Waals surface area contributed by atoms with E-state index in [0.29, 0.717) is 13.0 Å². The van der Waals surface area contributed by atoms with Gasteiger partial charge in [0.05, 0.1) is 18.3 Å². The molecule has 4 heteroatoms. The van der Waals surface area contributed by atoms with Gasteiger partial charge < -0.3 is 9.64 Å². The lowest BCUT2D eigenvalue weighted by molar-refractivity contribution is -0.137. The number of carbonyl (C=O) groups excluding carboxylic acids is 1. The van der Waals surface area contributed by atoms with E-state index in [1.165, 1.54) is 0 Å². The van der Waals surface area contributed by atoms with Gasteiger partial charge in [-0.2, -0.15) is 0 Å². The van der Waals surface area contributed by atoms with Crippen molar-refractivity contribution in [3.63, 3.8) is 0 Å². The molecule has 0 aliphatic carbocycles. The second kappa shape index (κ2) is 5.92. The molecule has 4 nitrogen and oxygen atoms in total. The van der Waals surface area contributed by atoms with E-state index in [1.807, 2.05) is 36.1 Å². The molecule has 0 aromatic heterocycles. The molecule has 1 aliphatic rings. The smallest absolute Gasteiger partial charge is 0.242 e. The lowest BCUT2D eigenvalue weighted by atomic mass is 10.0. The Bertz CT molecular complexity index is 529. The van der Waals surface area contributed by atoms with Crippen molar-refractivity contribution in [2.75, 3.05) is 6.61 Å². The third-order valence-corrected chi connectivity index (χ3v) is 3.95. The Hall–Kier alpha value is -1.55. The molecule has 1 aromatic rings. The Morgan fingerprint density at radius 1 is 1.23 bits per heavy atom. The number of ether oxygens (including phenoxy) is 1. The van der Waals surface area contributed by atoms with Crippen LogP contribution in [0.3, 0.4) is 0 Å². The van der Waals surface area contributed by atoms with Crippen molar-refractivity contribution in [2.24, 2.45) is 0 Å². The van der Waals surface area contributed by atoms with Crippen LogP contribution in [0, 0.1) is 0 Å². The van der Waals surface area contributed by atoms with Gasteiger partial charge in [0.15, 0.2) is 0 Å². The van der Waals surface area contributed by atoms with Gasteiger partial charge in [0.25, 0.3) is 0 Å². The normalized spacial score (nSPS) is 21.3. The third kappa shape index (κ3) is 3.43. The van der Waals surface area contributed by atoms with Crippen molar-refractivity contribution in [3.8, 4) is 5.75 Å². The summed E-state index contributed by atoms with van der Waals surface area (Å²) >= 11 is 0. The number of hydrogen-bond acceptors (Lipinski definition) is 3. The first-order chi connectivity index (χ1) is 10.1. The molecule has 1 saturated heterocycles. The molecule has 122 valence electrons. The van der Waals surface area contributed by atoms with E-state index in [2.05, 4.69) is 39.9 Å². The fourth-order valence-corrected chi connectivity index (χ4v) is 3.42. The molecule has 1 heterocycles. The Kier molecular flexibility index (Phi) is 4.52. The molecule has 22 heavy (non-hydrogen) atoms. The van der Waals surface area contributed by atoms with Crippen LogP contribution in [0.1, 0.15) is 47.1 Å². The molecule has 1 aromatic carbocycles. The van der Waals surface area contributed by atoms with Crippen LogP contribution in [0.25, 0.3) is 0 Å². The van der Waals surface area contributed by atoms with Crippen LogP contribution in [0.5, 0.6) is 5.75 Å². The van der Waals surface area contributed by atoms with Gasteiger partial charge in [-0.3, -0.25) is 10.1 Å². The molecule has 1 aliphatic heterocycles. The molecular weight excluding hydrogens is 276 g/mol. The highest BCUT2D eigenvalue weighted by Gasteiger charge is 2.48. The Morgan fingerprint density at radius 2 is 1.82 bits per heavy atom. The summed E-state index contributed by atoms with van der Waals surface area (Å²) in [5.41, 5.74) is 0.618. The topological polar surface area (TPSA) is 41.6 Å². The van der Waals surface area contributed by atoms with Crippen LogP contribution in [0.2, 0.25) is 0 Å². The van der Waals surface area contributed by atoms with E-state index in [9.17, 15) is 4.79 Å². The maximum Gasteiger partial charge on any atom is 0.242 e. The zero-order chi connectivity index (χ0) is 16.5. The van der Waals surface area contributed by atoms with Crippen molar-refractivity contribution >= 4 is 5.91 Å². The summed E-state index contributed by atoms with van der Waals surface area (Å²) in [4.78, 5) is 14.7. The monoisotopic (exact) mass is 304 g/mol. The average molecular weight is 304 g/mol. The highest BCUT2D eigenvalue weighted by Crippen LogP contribution is 2.30.